The fourth-order valence-electron chi connectivity index (χ4n) is 2.79. The lowest BCUT2D eigenvalue weighted by Gasteiger charge is -2.26. The van der Waals surface area contributed by atoms with Crippen molar-refractivity contribution < 1.29 is 23.1 Å². The number of amides is 1. The van der Waals surface area contributed by atoms with Gasteiger partial charge in [0, 0.05) is 18.7 Å². The number of allylic oxidation sites excluding steroid dienone is 1. The number of nitrogens with one attached hydrogen (secondary N) is 1. The van der Waals surface area contributed by atoms with Crippen molar-refractivity contribution in [1.82, 2.24) is 9.62 Å². The van der Waals surface area contributed by atoms with Crippen molar-refractivity contribution in [1.29, 1.82) is 0 Å². The van der Waals surface area contributed by atoms with Crippen LogP contribution < -0.4 is 5.32 Å². The minimum Gasteiger partial charge on any atom is -0.480 e. The van der Waals surface area contributed by atoms with Crippen molar-refractivity contribution in [2.24, 2.45) is 0 Å². The maximum absolute atomic E-state index is 12.7. The molecule has 1 aliphatic rings. The highest BCUT2D eigenvalue weighted by atomic mass is 32.2. The molecule has 0 radical (unpaired) electrons. The van der Waals surface area contributed by atoms with E-state index in [9.17, 15) is 23.1 Å². The fraction of sp³-hybridized carbons (Fsp3) is 0.444. The molecule has 0 aromatic heterocycles. The molecule has 7 nitrogen and oxygen atoms in total. The molecule has 8 heteroatoms. The van der Waals surface area contributed by atoms with Crippen LogP contribution in [0.4, 0.5) is 0 Å². The summed E-state index contributed by atoms with van der Waals surface area (Å²) in [6.07, 6.45) is 6.17. The van der Waals surface area contributed by atoms with Crippen LogP contribution in [0.5, 0.6) is 0 Å². The molecular formula is C18H24N2O5S. The van der Waals surface area contributed by atoms with Crippen molar-refractivity contribution in [2.45, 2.75) is 43.5 Å². The lowest BCUT2D eigenvalue weighted by Crippen LogP contribution is -2.40. The minimum absolute atomic E-state index is 0.0485. The van der Waals surface area contributed by atoms with Crippen molar-refractivity contribution in [3.05, 3.63) is 42.0 Å². The van der Waals surface area contributed by atoms with Crippen LogP contribution in [-0.2, 0) is 14.8 Å². The molecule has 2 rings (SSSR count). The standard InChI is InChI=1S/C18H24N2O5S/c1-2-3-10-16(18(22)23)19-17(21)14-8-7-9-15(13-14)26(24,25)20-11-5-4-6-12-20/h2-3,7-9,13,16H,4-6,10-12H2,1H3,(H,19,21)(H,22,23)/b3-2+. The molecule has 1 fully saturated rings. The van der Waals surface area contributed by atoms with E-state index in [2.05, 4.69) is 5.32 Å². The highest BCUT2D eigenvalue weighted by molar-refractivity contribution is 7.89. The number of aliphatic carboxylic acids is 1. The van der Waals surface area contributed by atoms with Gasteiger partial charge in [0.2, 0.25) is 10.0 Å². The minimum atomic E-state index is -3.65. The zero-order chi connectivity index (χ0) is 19.2. The van der Waals surface area contributed by atoms with Gasteiger partial charge >= 0.3 is 5.97 Å². The average molecular weight is 380 g/mol. The smallest absolute Gasteiger partial charge is 0.326 e. The van der Waals surface area contributed by atoms with Gasteiger partial charge in [-0.1, -0.05) is 24.6 Å². The van der Waals surface area contributed by atoms with Gasteiger partial charge in [0.1, 0.15) is 6.04 Å². The predicted molar refractivity (Wildman–Crippen MR) is 97.4 cm³/mol. The van der Waals surface area contributed by atoms with Crippen molar-refractivity contribution in [3.8, 4) is 0 Å². The molecule has 0 aliphatic carbocycles. The lowest BCUT2D eigenvalue weighted by atomic mass is 10.1. The molecule has 1 atom stereocenters. The number of carbonyl (C=O) groups excluding carboxylic acids is 1. The van der Waals surface area contributed by atoms with Crippen LogP contribution in [0.1, 0.15) is 43.0 Å². The molecule has 0 bridgehead atoms. The first kappa shape index (κ1) is 20.1. The van der Waals surface area contributed by atoms with E-state index in [0.717, 1.165) is 19.3 Å². The van der Waals surface area contributed by atoms with Crippen molar-refractivity contribution >= 4 is 21.9 Å². The number of benzene rings is 1. The third-order valence-electron chi connectivity index (χ3n) is 4.26. The van der Waals surface area contributed by atoms with Gasteiger partial charge in [-0.05, 0) is 44.4 Å². The molecule has 1 aliphatic heterocycles. The van der Waals surface area contributed by atoms with Crippen LogP contribution in [0.25, 0.3) is 0 Å². The Labute approximate surface area is 153 Å². The van der Waals surface area contributed by atoms with E-state index in [1.807, 2.05) is 0 Å². The first-order valence-corrected chi connectivity index (χ1v) is 10.1. The number of rotatable bonds is 7. The molecule has 2 N–H and O–H groups in total. The van der Waals surface area contributed by atoms with Crippen LogP contribution in [0, 0.1) is 0 Å². The molecule has 1 heterocycles. The second kappa shape index (κ2) is 8.95. The summed E-state index contributed by atoms with van der Waals surface area (Å²) in [7, 11) is -3.65. The second-order valence-corrected chi connectivity index (χ2v) is 8.10. The number of carboxylic acid groups (broad SMARTS) is 1. The highest BCUT2D eigenvalue weighted by Crippen LogP contribution is 2.21. The van der Waals surface area contributed by atoms with Gasteiger partial charge in [-0.3, -0.25) is 4.79 Å². The molecule has 1 aromatic rings. The first-order chi connectivity index (χ1) is 12.4. The lowest BCUT2D eigenvalue weighted by molar-refractivity contribution is -0.139. The molecule has 1 amide bonds. The Morgan fingerprint density at radius 2 is 1.96 bits per heavy atom. The number of sulfonamides is 1. The molecule has 0 spiro atoms. The number of carbonyl (C=O) groups is 2. The Morgan fingerprint density at radius 1 is 1.27 bits per heavy atom. The van der Waals surface area contributed by atoms with E-state index in [-0.39, 0.29) is 16.9 Å². The predicted octanol–water partition coefficient (Wildman–Crippen LogP) is 2.01. The van der Waals surface area contributed by atoms with Gasteiger partial charge in [-0.15, -0.1) is 0 Å². The first-order valence-electron chi connectivity index (χ1n) is 8.61. The highest BCUT2D eigenvalue weighted by Gasteiger charge is 2.27. The number of hydrogen-bond donors (Lipinski definition) is 2. The van der Waals surface area contributed by atoms with Crippen LogP contribution >= 0.6 is 0 Å². The van der Waals surface area contributed by atoms with Gasteiger partial charge in [0.05, 0.1) is 4.90 Å². The molecular weight excluding hydrogens is 356 g/mol. The normalized spacial score (nSPS) is 17.1. The Balaban J connectivity index is 2.19. The number of hydrogen-bond acceptors (Lipinski definition) is 4. The summed E-state index contributed by atoms with van der Waals surface area (Å²) >= 11 is 0. The van der Waals surface area contributed by atoms with Crippen LogP contribution in [0.15, 0.2) is 41.3 Å². The van der Waals surface area contributed by atoms with Gasteiger partial charge in [0.15, 0.2) is 0 Å². The molecule has 0 saturated carbocycles. The van der Waals surface area contributed by atoms with Crippen molar-refractivity contribution in [3.63, 3.8) is 0 Å². The SMILES string of the molecule is C/C=C/CC(NC(=O)c1cccc(S(=O)(=O)N2CCCCC2)c1)C(=O)O. The average Bonchev–Trinajstić information content (AvgIpc) is 2.65. The monoisotopic (exact) mass is 380 g/mol. The summed E-state index contributed by atoms with van der Waals surface area (Å²) in [6, 6.07) is 4.65. The molecule has 142 valence electrons. The third-order valence-corrected chi connectivity index (χ3v) is 6.15. The van der Waals surface area contributed by atoms with Crippen LogP contribution in [-0.4, -0.2) is 48.8 Å². The second-order valence-electron chi connectivity index (χ2n) is 6.16. The Kier molecular flexibility index (Phi) is 6.93. The van der Waals surface area contributed by atoms with Gasteiger partial charge in [0.25, 0.3) is 5.91 Å². The Bertz CT molecular complexity index is 783. The maximum Gasteiger partial charge on any atom is 0.326 e. The Hall–Kier alpha value is -2.19. The zero-order valence-corrected chi connectivity index (χ0v) is 15.5. The van der Waals surface area contributed by atoms with Crippen LogP contribution in [0.3, 0.4) is 0 Å². The van der Waals surface area contributed by atoms with E-state index < -0.39 is 27.9 Å². The number of piperidine rings is 1. The molecule has 1 unspecified atom stereocenters. The summed E-state index contributed by atoms with van der Waals surface area (Å²) < 4.78 is 26.9. The third kappa shape index (κ3) is 4.92. The fourth-order valence-corrected chi connectivity index (χ4v) is 4.35. The quantitative estimate of drug-likeness (QED) is 0.704. The largest absolute Gasteiger partial charge is 0.480 e. The van der Waals surface area contributed by atoms with E-state index in [1.165, 1.54) is 28.6 Å². The van der Waals surface area contributed by atoms with E-state index >= 15 is 0 Å². The van der Waals surface area contributed by atoms with E-state index in [4.69, 9.17) is 0 Å². The van der Waals surface area contributed by atoms with E-state index in [0.29, 0.717) is 13.1 Å². The van der Waals surface area contributed by atoms with Gasteiger partial charge in [-0.2, -0.15) is 4.31 Å². The van der Waals surface area contributed by atoms with Gasteiger partial charge < -0.3 is 10.4 Å². The summed E-state index contributed by atoms with van der Waals surface area (Å²) in [4.78, 5) is 23.7. The summed E-state index contributed by atoms with van der Waals surface area (Å²) in [5, 5.41) is 11.6. The molecule has 1 saturated heterocycles. The summed E-state index contributed by atoms with van der Waals surface area (Å²) in [5.41, 5.74) is 0.120. The van der Waals surface area contributed by atoms with Crippen LogP contribution in [0.2, 0.25) is 0 Å². The Morgan fingerprint density at radius 3 is 2.58 bits per heavy atom. The number of nitrogens with zero attached hydrogens (tertiary/aromatic N) is 1. The maximum atomic E-state index is 12.7. The van der Waals surface area contributed by atoms with Gasteiger partial charge in [-0.25, -0.2) is 13.2 Å². The summed E-state index contributed by atoms with van der Waals surface area (Å²) in [6.45, 7) is 2.71. The number of carboxylic acids is 1. The van der Waals surface area contributed by atoms with E-state index in [1.54, 1.807) is 19.1 Å². The summed E-state index contributed by atoms with van der Waals surface area (Å²) in [5.74, 6) is -1.76. The zero-order valence-electron chi connectivity index (χ0n) is 14.7. The van der Waals surface area contributed by atoms with Crippen molar-refractivity contribution in [2.75, 3.05) is 13.1 Å². The topological polar surface area (TPSA) is 104 Å². The molecule has 26 heavy (non-hydrogen) atoms. The molecule has 1 aromatic carbocycles.